The molecular weight excluding hydrogens is 450 g/mol. The minimum absolute atomic E-state index is 0.0633. The molecule has 3 aromatic heterocycles. The van der Waals surface area contributed by atoms with Crippen LogP contribution in [0, 0.1) is 11.6 Å². The number of nitrogens with zero attached hydrogens (tertiary/aromatic N) is 5. The number of pyridine rings is 2. The van der Waals surface area contributed by atoms with Crippen molar-refractivity contribution in [2.45, 2.75) is 31.8 Å². The first-order valence-electron chi connectivity index (χ1n) is 11.6. The molecule has 1 atom stereocenters. The Kier molecular flexibility index (Phi) is 6.36. The largest absolute Gasteiger partial charge is 0.389 e. The molecule has 4 heterocycles. The van der Waals surface area contributed by atoms with Gasteiger partial charge in [-0.3, -0.25) is 4.98 Å². The molecule has 0 aliphatic carbocycles. The summed E-state index contributed by atoms with van der Waals surface area (Å²) >= 11 is 0. The van der Waals surface area contributed by atoms with Gasteiger partial charge in [-0.1, -0.05) is 6.07 Å². The minimum atomic E-state index is -0.841. The Hall–Kier alpha value is -3.56. The maximum absolute atomic E-state index is 14.8. The molecule has 4 aromatic rings. The van der Waals surface area contributed by atoms with Gasteiger partial charge >= 0.3 is 0 Å². The van der Waals surface area contributed by atoms with Crippen LogP contribution in [-0.4, -0.2) is 50.1 Å². The summed E-state index contributed by atoms with van der Waals surface area (Å²) in [6.07, 6.45) is 5.69. The second-order valence-electron chi connectivity index (χ2n) is 9.00. The number of piperidine rings is 1. The zero-order valence-electron chi connectivity index (χ0n) is 19.5. The molecule has 1 fully saturated rings. The van der Waals surface area contributed by atoms with Gasteiger partial charge in [0, 0.05) is 23.3 Å². The number of nitrogens with one attached hydrogen (secondary N) is 1. The zero-order valence-corrected chi connectivity index (χ0v) is 19.5. The van der Waals surface area contributed by atoms with Gasteiger partial charge in [0.2, 0.25) is 5.95 Å². The van der Waals surface area contributed by atoms with E-state index in [-0.39, 0.29) is 22.7 Å². The van der Waals surface area contributed by atoms with Gasteiger partial charge < -0.3 is 15.3 Å². The Bertz CT molecular complexity index is 1350. The molecule has 0 radical (unpaired) electrons. The standard InChI is InChI=1S/C26H26F2N6O/c1-15(35)19-5-8-29-25-20(19)11-18(12-21(25)27)24-22(28)14-31-26(33-24)32-23-4-3-17(13-30-23)16-6-9-34(2)10-7-16/h3-5,8,11-16,35H,6-7,9-10H2,1-2H3,(H,30,31,32,33). The summed E-state index contributed by atoms with van der Waals surface area (Å²) in [7, 11) is 2.13. The molecule has 180 valence electrons. The second-order valence-corrected chi connectivity index (χ2v) is 9.00. The molecule has 9 heteroatoms. The van der Waals surface area contributed by atoms with Gasteiger partial charge in [0.15, 0.2) is 5.82 Å². The van der Waals surface area contributed by atoms with Crippen molar-refractivity contribution in [2.24, 2.45) is 0 Å². The molecular formula is C26H26F2N6O. The Morgan fingerprint density at radius 1 is 1.03 bits per heavy atom. The average Bonchev–Trinajstić information content (AvgIpc) is 2.86. The van der Waals surface area contributed by atoms with Crippen LogP contribution in [-0.2, 0) is 0 Å². The lowest BCUT2D eigenvalue weighted by atomic mass is 9.91. The molecule has 1 saturated heterocycles. The summed E-state index contributed by atoms with van der Waals surface area (Å²) in [6.45, 7) is 3.72. The van der Waals surface area contributed by atoms with Gasteiger partial charge in [-0.25, -0.2) is 23.7 Å². The number of aliphatic hydroxyl groups is 1. The molecule has 1 aromatic carbocycles. The van der Waals surface area contributed by atoms with E-state index in [0.717, 1.165) is 32.1 Å². The fourth-order valence-electron chi connectivity index (χ4n) is 4.54. The van der Waals surface area contributed by atoms with Gasteiger partial charge in [0.05, 0.1) is 12.3 Å². The predicted octanol–water partition coefficient (Wildman–Crippen LogP) is 4.97. The highest BCUT2D eigenvalue weighted by Gasteiger charge is 2.19. The van der Waals surface area contributed by atoms with E-state index >= 15 is 0 Å². The van der Waals surface area contributed by atoms with E-state index in [0.29, 0.717) is 22.7 Å². The third kappa shape index (κ3) is 4.82. The van der Waals surface area contributed by atoms with E-state index in [9.17, 15) is 13.9 Å². The SMILES string of the molecule is CC(O)c1ccnc2c(F)cc(-c3nc(Nc4ccc(C5CCN(C)CC5)cn4)ncc3F)cc12. The van der Waals surface area contributed by atoms with E-state index in [1.165, 1.54) is 17.8 Å². The summed E-state index contributed by atoms with van der Waals surface area (Å²) in [6, 6.07) is 8.28. The molecule has 5 rings (SSSR count). The fraction of sp³-hybridized carbons (Fsp3) is 0.308. The summed E-state index contributed by atoms with van der Waals surface area (Å²) in [5.74, 6) is -0.154. The smallest absolute Gasteiger partial charge is 0.229 e. The fourth-order valence-corrected chi connectivity index (χ4v) is 4.54. The van der Waals surface area contributed by atoms with Crippen LogP contribution in [0.3, 0.4) is 0 Å². The van der Waals surface area contributed by atoms with Crippen molar-refractivity contribution in [1.82, 2.24) is 24.8 Å². The third-order valence-electron chi connectivity index (χ3n) is 6.52. The molecule has 2 N–H and O–H groups in total. The summed E-state index contributed by atoms with van der Waals surface area (Å²) in [5.41, 5.74) is 1.95. The molecule has 7 nitrogen and oxygen atoms in total. The van der Waals surface area contributed by atoms with E-state index in [1.807, 2.05) is 18.3 Å². The number of rotatable bonds is 5. The van der Waals surface area contributed by atoms with Crippen molar-refractivity contribution >= 4 is 22.7 Å². The van der Waals surface area contributed by atoms with Gasteiger partial charge in [-0.05, 0) is 81.2 Å². The Morgan fingerprint density at radius 2 is 1.83 bits per heavy atom. The molecule has 1 aliphatic heterocycles. The first-order valence-corrected chi connectivity index (χ1v) is 11.6. The molecule has 35 heavy (non-hydrogen) atoms. The number of anilines is 2. The number of hydrogen-bond acceptors (Lipinski definition) is 7. The van der Waals surface area contributed by atoms with Crippen molar-refractivity contribution in [1.29, 1.82) is 0 Å². The molecule has 0 bridgehead atoms. The maximum Gasteiger partial charge on any atom is 0.229 e. The van der Waals surface area contributed by atoms with E-state index in [4.69, 9.17) is 0 Å². The lowest BCUT2D eigenvalue weighted by molar-refractivity contribution is 0.201. The van der Waals surface area contributed by atoms with Gasteiger partial charge in [0.25, 0.3) is 0 Å². The lowest BCUT2D eigenvalue weighted by Crippen LogP contribution is -2.29. The Balaban J connectivity index is 1.43. The summed E-state index contributed by atoms with van der Waals surface area (Å²) < 4.78 is 29.5. The summed E-state index contributed by atoms with van der Waals surface area (Å²) in [4.78, 5) is 19.2. The van der Waals surface area contributed by atoms with Crippen molar-refractivity contribution in [2.75, 3.05) is 25.5 Å². The van der Waals surface area contributed by atoms with Gasteiger partial charge in [0.1, 0.15) is 22.8 Å². The average molecular weight is 477 g/mol. The van der Waals surface area contributed by atoms with Crippen molar-refractivity contribution in [3.05, 3.63) is 71.7 Å². The van der Waals surface area contributed by atoms with Crippen LogP contribution in [0.1, 0.15) is 42.9 Å². The van der Waals surface area contributed by atoms with Gasteiger partial charge in [-0.2, -0.15) is 0 Å². The minimum Gasteiger partial charge on any atom is -0.389 e. The normalized spacial score (nSPS) is 15.9. The van der Waals surface area contributed by atoms with Crippen molar-refractivity contribution in [3.63, 3.8) is 0 Å². The Labute approximate surface area is 201 Å². The quantitative estimate of drug-likeness (QED) is 0.420. The summed E-state index contributed by atoms with van der Waals surface area (Å²) in [5, 5.41) is 13.5. The highest BCUT2D eigenvalue weighted by molar-refractivity contribution is 5.87. The zero-order chi connectivity index (χ0) is 24.5. The van der Waals surface area contributed by atoms with Crippen molar-refractivity contribution in [3.8, 4) is 11.3 Å². The van der Waals surface area contributed by atoms with Crippen molar-refractivity contribution < 1.29 is 13.9 Å². The number of fused-ring (bicyclic) bond motifs is 1. The molecule has 1 unspecified atom stereocenters. The van der Waals surface area contributed by atoms with E-state index in [2.05, 4.69) is 37.2 Å². The predicted molar refractivity (Wildman–Crippen MR) is 130 cm³/mol. The van der Waals surface area contributed by atoms with Crippen LogP contribution in [0.15, 0.2) is 48.9 Å². The first-order chi connectivity index (χ1) is 16.9. The van der Waals surface area contributed by atoms with E-state index in [1.54, 1.807) is 19.1 Å². The van der Waals surface area contributed by atoms with Crippen LogP contribution >= 0.6 is 0 Å². The maximum atomic E-state index is 14.8. The van der Waals surface area contributed by atoms with Crippen LogP contribution < -0.4 is 5.32 Å². The lowest BCUT2D eigenvalue weighted by Gasteiger charge is -2.29. The molecule has 1 aliphatic rings. The number of aliphatic hydroxyl groups excluding tert-OH is 1. The highest BCUT2D eigenvalue weighted by Crippen LogP contribution is 2.31. The number of benzene rings is 1. The number of halogens is 2. The number of likely N-dealkylation sites (tertiary alicyclic amines) is 1. The Morgan fingerprint density at radius 3 is 2.54 bits per heavy atom. The van der Waals surface area contributed by atoms with Crippen LogP contribution in [0.5, 0.6) is 0 Å². The second kappa shape index (κ2) is 9.59. The van der Waals surface area contributed by atoms with Crippen LogP contribution in [0.25, 0.3) is 22.2 Å². The monoisotopic (exact) mass is 476 g/mol. The molecule has 0 saturated carbocycles. The van der Waals surface area contributed by atoms with E-state index < -0.39 is 17.7 Å². The molecule has 0 spiro atoms. The van der Waals surface area contributed by atoms with Gasteiger partial charge in [-0.15, -0.1) is 0 Å². The third-order valence-corrected chi connectivity index (χ3v) is 6.52. The van der Waals surface area contributed by atoms with Crippen LogP contribution in [0.4, 0.5) is 20.5 Å². The topological polar surface area (TPSA) is 87.1 Å². The highest BCUT2D eigenvalue weighted by atomic mass is 19.1. The molecule has 0 amide bonds. The first kappa shape index (κ1) is 23.2. The van der Waals surface area contributed by atoms with Crippen LogP contribution in [0.2, 0.25) is 0 Å². The number of hydrogen-bond donors (Lipinski definition) is 2. The number of aromatic nitrogens is 4.